The van der Waals surface area contributed by atoms with E-state index in [1.807, 2.05) is 23.1 Å². The fourth-order valence-electron chi connectivity index (χ4n) is 2.89. The number of hydrogen-bond donors (Lipinski definition) is 1. The SMILES string of the molecule is Cc1nonc1C(=O)N[C@@H]1CC(=O)N(CCCc2ccccc2)C1. The quantitative estimate of drug-likeness (QED) is 0.864. The number of hydrogen-bond acceptors (Lipinski definition) is 5. The lowest BCUT2D eigenvalue weighted by atomic mass is 10.1. The van der Waals surface area contributed by atoms with Crippen LogP contribution in [0, 0.1) is 6.92 Å². The van der Waals surface area contributed by atoms with E-state index in [9.17, 15) is 9.59 Å². The standard InChI is InChI=1S/C17H20N4O3/c1-12-16(20-24-19-12)17(23)18-14-10-15(22)21(11-14)9-5-8-13-6-3-2-4-7-13/h2-4,6-7,14H,5,8-11H2,1H3,(H,18,23)/t14-/m1/s1. The van der Waals surface area contributed by atoms with Gasteiger partial charge in [-0.05, 0) is 30.5 Å². The van der Waals surface area contributed by atoms with Crippen LogP contribution < -0.4 is 5.32 Å². The summed E-state index contributed by atoms with van der Waals surface area (Å²) >= 11 is 0. The molecule has 0 radical (unpaired) electrons. The first kappa shape index (κ1) is 16.2. The highest BCUT2D eigenvalue weighted by Gasteiger charge is 2.31. The van der Waals surface area contributed by atoms with Gasteiger partial charge in [0.05, 0.1) is 6.04 Å². The molecule has 0 aliphatic carbocycles. The predicted molar refractivity (Wildman–Crippen MR) is 86.2 cm³/mol. The molecule has 24 heavy (non-hydrogen) atoms. The Balaban J connectivity index is 1.47. The number of nitrogens with zero attached hydrogens (tertiary/aromatic N) is 3. The Labute approximate surface area is 140 Å². The number of benzene rings is 1. The minimum absolute atomic E-state index is 0.0726. The Morgan fingerprint density at radius 3 is 2.83 bits per heavy atom. The van der Waals surface area contributed by atoms with Gasteiger partial charge in [-0.15, -0.1) is 0 Å². The molecule has 0 unspecified atom stereocenters. The summed E-state index contributed by atoms with van der Waals surface area (Å²) in [6, 6.07) is 10.0. The van der Waals surface area contributed by atoms with Crippen LogP contribution in [0.15, 0.2) is 35.0 Å². The second kappa shape index (κ2) is 7.25. The molecule has 1 atom stereocenters. The zero-order chi connectivity index (χ0) is 16.9. The lowest BCUT2D eigenvalue weighted by molar-refractivity contribution is -0.127. The molecule has 2 heterocycles. The van der Waals surface area contributed by atoms with Crippen molar-refractivity contribution < 1.29 is 14.2 Å². The van der Waals surface area contributed by atoms with Gasteiger partial charge in [-0.3, -0.25) is 9.59 Å². The number of amides is 2. The third kappa shape index (κ3) is 3.79. The number of likely N-dealkylation sites (tertiary alicyclic amines) is 1. The molecule has 2 amide bonds. The fourth-order valence-corrected chi connectivity index (χ4v) is 2.89. The minimum atomic E-state index is -0.349. The van der Waals surface area contributed by atoms with Gasteiger partial charge in [0.2, 0.25) is 5.91 Å². The molecule has 7 heteroatoms. The number of nitrogens with one attached hydrogen (secondary N) is 1. The van der Waals surface area contributed by atoms with Crippen LogP contribution in [0.4, 0.5) is 0 Å². The van der Waals surface area contributed by atoms with Gasteiger partial charge in [0.1, 0.15) is 5.69 Å². The molecule has 0 bridgehead atoms. The van der Waals surface area contributed by atoms with Crippen molar-refractivity contribution in [2.24, 2.45) is 0 Å². The van der Waals surface area contributed by atoms with Crippen LogP contribution in [-0.2, 0) is 11.2 Å². The molecule has 1 aromatic carbocycles. The number of aromatic nitrogens is 2. The van der Waals surface area contributed by atoms with E-state index in [-0.39, 0.29) is 23.6 Å². The van der Waals surface area contributed by atoms with Gasteiger partial charge >= 0.3 is 0 Å². The van der Waals surface area contributed by atoms with E-state index in [1.165, 1.54) is 5.56 Å². The zero-order valence-electron chi connectivity index (χ0n) is 13.6. The van der Waals surface area contributed by atoms with Gasteiger partial charge in [0.15, 0.2) is 5.69 Å². The number of aryl methyl sites for hydroxylation is 2. The van der Waals surface area contributed by atoms with Gasteiger partial charge in [-0.25, -0.2) is 4.63 Å². The van der Waals surface area contributed by atoms with Gasteiger partial charge in [0, 0.05) is 19.5 Å². The summed E-state index contributed by atoms with van der Waals surface area (Å²) in [7, 11) is 0. The highest BCUT2D eigenvalue weighted by Crippen LogP contribution is 2.14. The smallest absolute Gasteiger partial charge is 0.275 e. The lowest BCUT2D eigenvalue weighted by Gasteiger charge is -2.16. The first-order valence-electron chi connectivity index (χ1n) is 8.05. The van der Waals surface area contributed by atoms with Crippen LogP contribution in [-0.4, -0.2) is 46.2 Å². The molecule has 3 rings (SSSR count). The molecule has 1 aromatic heterocycles. The molecular formula is C17H20N4O3. The maximum Gasteiger partial charge on any atom is 0.275 e. The summed E-state index contributed by atoms with van der Waals surface area (Å²) in [5.74, 6) is -0.277. The van der Waals surface area contributed by atoms with Crippen LogP contribution in [0.3, 0.4) is 0 Å². The molecule has 2 aromatic rings. The second-order valence-electron chi connectivity index (χ2n) is 6.00. The largest absolute Gasteiger partial charge is 0.345 e. The number of carbonyl (C=O) groups is 2. The van der Waals surface area contributed by atoms with Crippen LogP contribution >= 0.6 is 0 Å². The zero-order valence-corrected chi connectivity index (χ0v) is 13.6. The van der Waals surface area contributed by atoms with E-state index in [0.29, 0.717) is 25.2 Å². The van der Waals surface area contributed by atoms with E-state index in [2.05, 4.69) is 32.4 Å². The van der Waals surface area contributed by atoms with Gasteiger partial charge in [0.25, 0.3) is 5.91 Å². The van der Waals surface area contributed by atoms with Gasteiger partial charge in [-0.2, -0.15) is 0 Å². The maximum atomic E-state index is 12.1. The first-order chi connectivity index (χ1) is 11.6. The van der Waals surface area contributed by atoms with E-state index in [1.54, 1.807) is 6.92 Å². The maximum absolute atomic E-state index is 12.1. The third-order valence-electron chi connectivity index (χ3n) is 4.15. The predicted octanol–water partition coefficient (Wildman–Crippen LogP) is 1.34. The fraction of sp³-hybridized carbons (Fsp3) is 0.412. The Bertz CT molecular complexity index is 714. The monoisotopic (exact) mass is 328 g/mol. The second-order valence-corrected chi connectivity index (χ2v) is 6.00. The molecule has 1 N–H and O–H groups in total. The van der Waals surface area contributed by atoms with E-state index < -0.39 is 0 Å². The molecule has 1 aliphatic rings. The summed E-state index contributed by atoms with van der Waals surface area (Å²) in [5, 5.41) is 10.00. The topological polar surface area (TPSA) is 88.3 Å². The molecule has 0 spiro atoms. The molecule has 126 valence electrons. The van der Waals surface area contributed by atoms with Crippen LogP contribution in [0.1, 0.15) is 34.6 Å². The lowest BCUT2D eigenvalue weighted by Crippen LogP contribution is -2.37. The molecule has 0 saturated carbocycles. The third-order valence-corrected chi connectivity index (χ3v) is 4.15. The van der Waals surface area contributed by atoms with Gasteiger partial charge < -0.3 is 10.2 Å². The normalized spacial score (nSPS) is 17.3. The van der Waals surface area contributed by atoms with Crippen molar-refractivity contribution in [1.29, 1.82) is 0 Å². The minimum Gasteiger partial charge on any atom is -0.345 e. The summed E-state index contributed by atoms with van der Waals surface area (Å²) in [5.41, 5.74) is 1.88. The first-order valence-corrected chi connectivity index (χ1v) is 8.05. The highest BCUT2D eigenvalue weighted by atomic mass is 16.6. The van der Waals surface area contributed by atoms with Crippen molar-refractivity contribution in [3.05, 3.63) is 47.3 Å². The van der Waals surface area contributed by atoms with Gasteiger partial charge in [-0.1, -0.05) is 35.5 Å². The summed E-state index contributed by atoms with van der Waals surface area (Å²) < 4.78 is 4.53. The summed E-state index contributed by atoms with van der Waals surface area (Å²) in [6.07, 6.45) is 2.16. The number of rotatable bonds is 6. The van der Waals surface area contributed by atoms with Crippen molar-refractivity contribution in [2.75, 3.05) is 13.1 Å². The average Bonchev–Trinajstić information content (AvgIpc) is 3.14. The average molecular weight is 328 g/mol. The molecule has 7 nitrogen and oxygen atoms in total. The van der Waals surface area contributed by atoms with Crippen molar-refractivity contribution in [2.45, 2.75) is 32.2 Å². The van der Waals surface area contributed by atoms with Crippen molar-refractivity contribution in [1.82, 2.24) is 20.5 Å². The summed E-state index contributed by atoms with van der Waals surface area (Å²) in [4.78, 5) is 26.0. The molecular weight excluding hydrogens is 308 g/mol. The van der Waals surface area contributed by atoms with E-state index in [4.69, 9.17) is 0 Å². The Morgan fingerprint density at radius 1 is 1.33 bits per heavy atom. The van der Waals surface area contributed by atoms with Crippen molar-refractivity contribution >= 4 is 11.8 Å². The van der Waals surface area contributed by atoms with Crippen molar-refractivity contribution in [3.8, 4) is 0 Å². The molecule has 1 aliphatic heterocycles. The van der Waals surface area contributed by atoms with Crippen molar-refractivity contribution in [3.63, 3.8) is 0 Å². The Hall–Kier alpha value is -2.70. The highest BCUT2D eigenvalue weighted by molar-refractivity contribution is 5.94. The molecule has 1 saturated heterocycles. The summed E-state index contributed by atoms with van der Waals surface area (Å²) in [6.45, 7) is 2.88. The van der Waals surface area contributed by atoms with E-state index >= 15 is 0 Å². The molecule has 1 fully saturated rings. The van der Waals surface area contributed by atoms with Crippen LogP contribution in [0.2, 0.25) is 0 Å². The van der Waals surface area contributed by atoms with E-state index in [0.717, 1.165) is 12.8 Å². The Morgan fingerprint density at radius 2 is 2.12 bits per heavy atom. The van der Waals surface area contributed by atoms with Crippen LogP contribution in [0.25, 0.3) is 0 Å². The Kier molecular flexibility index (Phi) is 4.88. The number of carbonyl (C=O) groups excluding carboxylic acids is 2. The van der Waals surface area contributed by atoms with Crippen LogP contribution in [0.5, 0.6) is 0 Å².